The number of rotatable bonds is 3. The Morgan fingerprint density at radius 2 is 1.95 bits per heavy atom. The first-order valence-electron chi connectivity index (χ1n) is 6.50. The van der Waals surface area contributed by atoms with Gasteiger partial charge in [0.15, 0.2) is 0 Å². The molecule has 1 amide bonds. The maximum Gasteiger partial charge on any atom is 0.263 e. The minimum absolute atomic E-state index is 0.181. The first kappa shape index (κ1) is 14.1. The topological polar surface area (TPSA) is 51.1 Å². The van der Waals surface area contributed by atoms with Crippen LogP contribution in [0.15, 0.2) is 41.3 Å². The molecule has 0 aliphatic rings. The van der Waals surface area contributed by atoms with Crippen molar-refractivity contribution in [3.63, 3.8) is 0 Å². The first-order chi connectivity index (χ1) is 9.51. The van der Waals surface area contributed by atoms with E-state index in [4.69, 9.17) is 0 Å². The number of pyridine rings is 1. The molecule has 4 heteroatoms. The van der Waals surface area contributed by atoms with E-state index in [-0.39, 0.29) is 17.0 Å². The molecule has 104 valence electrons. The van der Waals surface area contributed by atoms with Crippen molar-refractivity contribution in [1.29, 1.82) is 0 Å². The summed E-state index contributed by atoms with van der Waals surface area (Å²) in [5, 5.41) is 2.50. The molecule has 1 aromatic carbocycles. The minimum atomic E-state index is -0.350. The van der Waals surface area contributed by atoms with Gasteiger partial charge in [0, 0.05) is 13.2 Å². The fourth-order valence-corrected chi connectivity index (χ4v) is 2.21. The highest BCUT2D eigenvalue weighted by Gasteiger charge is 2.12. The van der Waals surface area contributed by atoms with Crippen molar-refractivity contribution in [3.8, 4) is 0 Å². The molecular weight excluding hydrogens is 252 g/mol. The maximum atomic E-state index is 12.3. The lowest BCUT2D eigenvalue weighted by atomic mass is 10.1. The second kappa shape index (κ2) is 5.74. The Hall–Kier alpha value is -2.36. The number of nitrogens with one attached hydrogen (secondary N) is 1. The zero-order valence-electron chi connectivity index (χ0n) is 11.9. The van der Waals surface area contributed by atoms with E-state index >= 15 is 0 Å². The number of benzene rings is 1. The van der Waals surface area contributed by atoms with Gasteiger partial charge in [-0.2, -0.15) is 0 Å². The van der Waals surface area contributed by atoms with Crippen molar-refractivity contribution in [2.45, 2.75) is 20.4 Å². The van der Waals surface area contributed by atoms with Crippen molar-refractivity contribution in [2.75, 3.05) is 7.05 Å². The predicted octanol–water partition coefficient (Wildman–Crippen LogP) is 1.87. The van der Waals surface area contributed by atoms with Crippen molar-refractivity contribution >= 4 is 5.91 Å². The summed E-state index contributed by atoms with van der Waals surface area (Å²) in [6.07, 6.45) is 1.77. The van der Waals surface area contributed by atoms with Crippen LogP contribution in [0.5, 0.6) is 0 Å². The molecule has 1 N–H and O–H groups in total. The fourth-order valence-electron chi connectivity index (χ4n) is 2.21. The van der Waals surface area contributed by atoms with Crippen LogP contribution >= 0.6 is 0 Å². The molecule has 1 heterocycles. The average Bonchev–Trinajstić information content (AvgIpc) is 2.41. The third kappa shape index (κ3) is 2.96. The third-order valence-electron chi connectivity index (χ3n) is 3.13. The van der Waals surface area contributed by atoms with Gasteiger partial charge in [0.25, 0.3) is 11.5 Å². The SMILES string of the molecule is CNC(=O)c1cc(C)cn(Cc2cccc(C)c2)c1=O. The lowest BCUT2D eigenvalue weighted by Crippen LogP contribution is -2.31. The number of aryl methyl sites for hydroxylation is 2. The van der Waals surface area contributed by atoms with Gasteiger partial charge in [-0.25, -0.2) is 0 Å². The van der Waals surface area contributed by atoms with Crippen molar-refractivity contribution in [1.82, 2.24) is 9.88 Å². The van der Waals surface area contributed by atoms with Crippen LogP contribution in [0.4, 0.5) is 0 Å². The number of hydrogen-bond donors (Lipinski definition) is 1. The monoisotopic (exact) mass is 270 g/mol. The second-order valence-corrected chi connectivity index (χ2v) is 4.93. The summed E-state index contributed by atoms with van der Waals surface area (Å²) in [7, 11) is 1.52. The normalized spacial score (nSPS) is 10.3. The number of carbonyl (C=O) groups excluding carboxylic acids is 1. The van der Waals surface area contributed by atoms with E-state index < -0.39 is 0 Å². The highest BCUT2D eigenvalue weighted by Crippen LogP contribution is 2.07. The van der Waals surface area contributed by atoms with Crippen molar-refractivity contribution in [2.24, 2.45) is 0 Å². The molecule has 4 nitrogen and oxygen atoms in total. The van der Waals surface area contributed by atoms with Crippen molar-refractivity contribution in [3.05, 3.63) is 69.1 Å². The molecule has 0 saturated heterocycles. The third-order valence-corrected chi connectivity index (χ3v) is 3.13. The van der Waals surface area contributed by atoms with E-state index in [9.17, 15) is 9.59 Å². The standard InChI is InChI=1S/C16H18N2O2/c1-11-5-4-6-13(7-11)10-18-9-12(2)8-14(16(18)20)15(19)17-3/h4-9H,10H2,1-3H3,(H,17,19). The Labute approximate surface area is 118 Å². The van der Waals surface area contributed by atoms with E-state index in [2.05, 4.69) is 5.32 Å². The first-order valence-corrected chi connectivity index (χ1v) is 6.50. The van der Waals surface area contributed by atoms with Gasteiger partial charge >= 0.3 is 0 Å². The minimum Gasteiger partial charge on any atom is -0.355 e. The Morgan fingerprint density at radius 3 is 2.60 bits per heavy atom. The van der Waals surface area contributed by atoms with Crippen LogP contribution in [0.25, 0.3) is 0 Å². The summed E-state index contributed by atoms with van der Waals surface area (Å²) in [5.41, 5.74) is 2.99. The molecule has 0 radical (unpaired) electrons. The Kier molecular flexibility index (Phi) is 4.03. The highest BCUT2D eigenvalue weighted by molar-refractivity contribution is 5.93. The summed E-state index contributed by atoms with van der Waals surface area (Å²) in [4.78, 5) is 24.0. The molecule has 0 bridgehead atoms. The quantitative estimate of drug-likeness (QED) is 0.925. The van der Waals surface area contributed by atoms with Crippen LogP contribution < -0.4 is 10.9 Å². The lowest BCUT2D eigenvalue weighted by Gasteiger charge is -2.10. The van der Waals surface area contributed by atoms with Crippen LogP contribution in [-0.4, -0.2) is 17.5 Å². The molecule has 0 fully saturated rings. The smallest absolute Gasteiger partial charge is 0.263 e. The number of carbonyl (C=O) groups is 1. The molecule has 2 rings (SSSR count). The van der Waals surface area contributed by atoms with E-state index in [1.165, 1.54) is 7.05 Å². The van der Waals surface area contributed by atoms with Gasteiger partial charge in [0.05, 0.1) is 6.54 Å². The lowest BCUT2D eigenvalue weighted by molar-refractivity contribution is 0.0961. The van der Waals surface area contributed by atoms with E-state index in [0.717, 1.165) is 16.7 Å². The van der Waals surface area contributed by atoms with Gasteiger partial charge in [-0.15, -0.1) is 0 Å². The van der Waals surface area contributed by atoms with Crippen LogP contribution in [0.3, 0.4) is 0 Å². The summed E-state index contributed by atoms with van der Waals surface area (Å²) in [5.74, 6) is -0.350. The molecule has 0 aliphatic heterocycles. The van der Waals surface area contributed by atoms with Gasteiger partial charge in [-0.1, -0.05) is 29.8 Å². The van der Waals surface area contributed by atoms with Gasteiger partial charge in [-0.05, 0) is 31.0 Å². The van der Waals surface area contributed by atoms with Crippen LogP contribution in [-0.2, 0) is 6.54 Å². The molecule has 20 heavy (non-hydrogen) atoms. The maximum absolute atomic E-state index is 12.3. The summed E-state index contributed by atoms with van der Waals surface area (Å²) >= 11 is 0. The zero-order valence-corrected chi connectivity index (χ0v) is 11.9. The molecular formula is C16H18N2O2. The summed E-state index contributed by atoms with van der Waals surface area (Å²) < 4.78 is 1.58. The number of hydrogen-bond acceptors (Lipinski definition) is 2. The van der Waals surface area contributed by atoms with E-state index in [1.807, 2.05) is 38.1 Å². The van der Waals surface area contributed by atoms with Gasteiger partial charge in [0.1, 0.15) is 5.56 Å². The molecule has 0 spiro atoms. The second-order valence-electron chi connectivity index (χ2n) is 4.93. The Bertz CT molecular complexity index is 702. The van der Waals surface area contributed by atoms with E-state index in [1.54, 1.807) is 16.8 Å². The van der Waals surface area contributed by atoms with Gasteiger partial charge < -0.3 is 9.88 Å². The molecule has 0 unspecified atom stereocenters. The summed E-state index contributed by atoms with van der Waals surface area (Å²) in [6.45, 7) is 4.35. The number of nitrogens with zero attached hydrogens (tertiary/aromatic N) is 1. The molecule has 0 saturated carbocycles. The number of aromatic nitrogens is 1. The number of amides is 1. The predicted molar refractivity (Wildman–Crippen MR) is 79.1 cm³/mol. The molecule has 1 aromatic heterocycles. The van der Waals surface area contributed by atoms with Crippen molar-refractivity contribution < 1.29 is 4.79 Å². The van der Waals surface area contributed by atoms with Crippen LogP contribution in [0.2, 0.25) is 0 Å². The molecule has 0 aliphatic carbocycles. The highest BCUT2D eigenvalue weighted by atomic mass is 16.2. The van der Waals surface area contributed by atoms with Crippen LogP contribution in [0, 0.1) is 13.8 Å². The van der Waals surface area contributed by atoms with Crippen LogP contribution in [0.1, 0.15) is 27.0 Å². The zero-order chi connectivity index (χ0) is 14.7. The van der Waals surface area contributed by atoms with Gasteiger partial charge in [-0.3, -0.25) is 9.59 Å². The molecule has 0 atom stereocenters. The summed E-state index contributed by atoms with van der Waals surface area (Å²) in [6, 6.07) is 9.60. The Balaban J connectivity index is 2.45. The molecule has 2 aromatic rings. The van der Waals surface area contributed by atoms with Gasteiger partial charge in [0.2, 0.25) is 0 Å². The van der Waals surface area contributed by atoms with E-state index in [0.29, 0.717) is 6.54 Å². The largest absolute Gasteiger partial charge is 0.355 e. The Morgan fingerprint density at radius 1 is 1.20 bits per heavy atom. The fraction of sp³-hybridized carbons (Fsp3) is 0.250. The average molecular weight is 270 g/mol.